The van der Waals surface area contributed by atoms with Gasteiger partial charge < -0.3 is 9.80 Å². The van der Waals surface area contributed by atoms with Gasteiger partial charge in [-0.1, -0.05) is 41.4 Å². The summed E-state index contributed by atoms with van der Waals surface area (Å²) < 4.78 is 0. The molecule has 0 radical (unpaired) electrons. The predicted molar refractivity (Wildman–Crippen MR) is 107 cm³/mol. The van der Waals surface area contributed by atoms with Gasteiger partial charge in [0.25, 0.3) is 5.91 Å². The lowest BCUT2D eigenvalue weighted by Gasteiger charge is -2.23. The Kier molecular flexibility index (Phi) is 5.92. The maximum Gasteiger partial charge on any atom is 0.296 e. The molecule has 1 aliphatic rings. The number of para-hydroxylation sites is 1. The minimum absolute atomic E-state index is 0.385. The van der Waals surface area contributed by atoms with Gasteiger partial charge >= 0.3 is 0 Å². The van der Waals surface area contributed by atoms with Crippen molar-refractivity contribution in [2.75, 3.05) is 32.1 Å². The van der Waals surface area contributed by atoms with Crippen LogP contribution in [0.1, 0.15) is 10.8 Å². The van der Waals surface area contributed by atoms with E-state index in [1.165, 1.54) is 11.8 Å². The number of Topliss-reactive ketones (excluding diaryl/α,β-unsaturated/α-hetero) is 1. The first-order valence-electron chi connectivity index (χ1n) is 8.09. The molecule has 136 valence electrons. The van der Waals surface area contributed by atoms with E-state index in [4.69, 9.17) is 23.2 Å². The maximum atomic E-state index is 13.0. The minimum atomic E-state index is -0.697. The van der Waals surface area contributed by atoms with E-state index in [1.54, 1.807) is 23.1 Å². The number of nitrogens with zero attached hydrogens (tertiary/aromatic N) is 2. The van der Waals surface area contributed by atoms with E-state index in [0.29, 0.717) is 28.7 Å². The van der Waals surface area contributed by atoms with Gasteiger partial charge in [0.1, 0.15) is 5.25 Å². The number of thioether (sulfide) groups is 1. The molecule has 1 heterocycles. The molecule has 0 saturated carbocycles. The molecule has 1 amide bonds. The first kappa shape index (κ1) is 19.2. The van der Waals surface area contributed by atoms with Crippen LogP contribution in [0.2, 0.25) is 10.0 Å². The monoisotopic (exact) mass is 408 g/mol. The lowest BCUT2D eigenvalue weighted by Crippen LogP contribution is -2.41. The minimum Gasteiger partial charge on any atom is -0.308 e. The second-order valence-electron chi connectivity index (χ2n) is 6.26. The second kappa shape index (κ2) is 8.01. The number of benzene rings is 2. The predicted octanol–water partition coefficient (Wildman–Crippen LogP) is 4.30. The number of hydrogen-bond donors (Lipinski definition) is 0. The van der Waals surface area contributed by atoms with Gasteiger partial charge in [-0.3, -0.25) is 9.59 Å². The van der Waals surface area contributed by atoms with E-state index in [-0.39, 0.29) is 0 Å². The molecular formula is C19H18Cl2N2O2S. The molecule has 2 aromatic carbocycles. The number of carbonyl (C=O) groups is 2. The number of anilines is 1. The Balaban J connectivity index is 2.05. The summed E-state index contributed by atoms with van der Waals surface area (Å²) in [5.41, 5.74) is 1.36. The van der Waals surface area contributed by atoms with Crippen molar-refractivity contribution in [1.82, 2.24) is 4.90 Å². The van der Waals surface area contributed by atoms with Crippen molar-refractivity contribution in [1.29, 1.82) is 0 Å². The van der Waals surface area contributed by atoms with Crippen molar-refractivity contribution < 1.29 is 9.59 Å². The lowest BCUT2D eigenvalue weighted by molar-refractivity contribution is -0.136. The second-order valence-corrected chi connectivity index (χ2v) is 8.25. The molecule has 0 fully saturated rings. The van der Waals surface area contributed by atoms with Crippen LogP contribution in [0.3, 0.4) is 0 Å². The van der Waals surface area contributed by atoms with Crippen LogP contribution >= 0.6 is 35.0 Å². The van der Waals surface area contributed by atoms with Crippen LogP contribution in [0.15, 0.2) is 47.4 Å². The fraction of sp³-hybridized carbons (Fsp3) is 0.263. The van der Waals surface area contributed by atoms with Gasteiger partial charge in [-0.2, -0.15) is 0 Å². The summed E-state index contributed by atoms with van der Waals surface area (Å²) in [5, 5.41) is 0.178. The Labute approximate surface area is 167 Å². The number of halogens is 2. The Hall–Kier alpha value is -1.53. The van der Waals surface area contributed by atoms with Gasteiger partial charge in [-0.05, 0) is 43.9 Å². The molecule has 4 nitrogen and oxygen atoms in total. The Bertz CT molecular complexity index is 857. The maximum absolute atomic E-state index is 13.0. The van der Waals surface area contributed by atoms with Crippen LogP contribution in [0.4, 0.5) is 5.69 Å². The van der Waals surface area contributed by atoms with Crippen molar-refractivity contribution in [3.63, 3.8) is 0 Å². The van der Waals surface area contributed by atoms with Crippen LogP contribution in [0.5, 0.6) is 0 Å². The highest BCUT2D eigenvalue weighted by atomic mass is 35.5. The third kappa shape index (κ3) is 3.91. The summed E-state index contributed by atoms with van der Waals surface area (Å²) >= 11 is 13.6. The van der Waals surface area contributed by atoms with Gasteiger partial charge in [0.2, 0.25) is 5.78 Å². The summed E-state index contributed by atoms with van der Waals surface area (Å²) in [7, 11) is 3.86. The standard InChI is InChI=1S/C19H18Cl2N2O2S/c1-22(2)9-10-23-15-5-3-4-6-16(15)26-18(17(24)19(23)25)13-8-7-12(20)11-14(13)21/h3-8,11,18H,9-10H2,1-2H3. The van der Waals surface area contributed by atoms with Crippen molar-refractivity contribution >= 4 is 52.3 Å². The number of ketones is 1. The topological polar surface area (TPSA) is 40.6 Å². The molecule has 1 unspecified atom stereocenters. The molecule has 0 aliphatic carbocycles. The van der Waals surface area contributed by atoms with Gasteiger partial charge in [0.05, 0.1) is 5.69 Å². The van der Waals surface area contributed by atoms with Crippen LogP contribution < -0.4 is 4.90 Å². The zero-order valence-electron chi connectivity index (χ0n) is 14.4. The molecule has 0 saturated heterocycles. The molecule has 26 heavy (non-hydrogen) atoms. The molecule has 1 atom stereocenters. The molecule has 1 aliphatic heterocycles. The molecule has 0 bridgehead atoms. The number of amides is 1. The van der Waals surface area contributed by atoms with E-state index in [9.17, 15) is 9.59 Å². The number of fused-ring (bicyclic) bond motifs is 1. The Morgan fingerprint density at radius 2 is 1.85 bits per heavy atom. The quantitative estimate of drug-likeness (QED) is 0.706. The van der Waals surface area contributed by atoms with Crippen molar-refractivity contribution in [2.24, 2.45) is 0 Å². The lowest BCUT2D eigenvalue weighted by atomic mass is 10.1. The molecule has 0 spiro atoms. The largest absolute Gasteiger partial charge is 0.308 e. The van der Waals surface area contributed by atoms with Gasteiger partial charge in [0, 0.05) is 28.0 Å². The molecule has 3 rings (SSSR count). The van der Waals surface area contributed by atoms with Crippen LogP contribution in [-0.4, -0.2) is 43.8 Å². The summed E-state index contributed by atoms with van der Waals surface area (Å²) in [5.74, 6) is -0.991. The number of hydrogen-bond acceptors (Lipinski definition) is 4. The number of likely N-dealkylation sites (N-methyl/N-ethyl adjacent to an activating group) is 1. The highest BCUT2D eigenvalue weighted by molar-refractivity contribution is 8.00. The Morgan fingerprint density at radius 3 is 2.54 bits per heavy atom. The first-order chi connectivity index (χ1) is 12.4. The molecule has 0 N–H and O–H groups in total. The van der Waals surface area contributed by atoms with Crippen molar-refractivity contribution in [2.45, 2.75) is 10.1 Å². The van der Waals surface area contributed by atoms with E-state index < -0.39 is 16.9 Å². The van der Waals surface area contributed by atoms with Crippen LogP contribution in [-0.2, 0) is 9.59 Å². The van der Waals surface area contributed by atoms with Crippen molar-refractivity contribution in [3.8, 4) is 0 Å². The van der Waals surface area contributed by atoms with E-state index >= 15 is 0 Å². The van der Waals surface area contributed by atoms with Crippen LogP contribution in [0.25, 0.3) is 0 Å². The van der Waals surface area contributed by atoms with Crippen LogP contribution in [0, 0.1) is 0 Å². The fourth-order valence-corrected chi connectivity index (χ4v) is 4.59. The zero-order valence-corrected chi connectivity index (χ0v) is 16.7. The third-order valence-corrected chi connectivity index (χ3v) is 5.98. The average Bonchev–Trinajstić information content (AvgIpc) is 2.69. The molecular weight excluding hydrogens is 391 g/mol. The summed E-state index contributed by atoms with van der Waals surface area (Å²) in [6.45, 7) is 1.10. The average molecular weight is 409 g/mol. The molecule has 2 aromatic rings. The molecule has 0 aromatic heterocycles. The Morgan fingerprint density at radius 1 is 1.12 bits per heavy atom. The van der Waals surface area contributed by atoms with Gasteiger partial charge in [-0.25, -0.2) is 0 Å². The fourth-order valence-electron chi connectivity index (χ4n) is 2.76. The summed E-state index contributed by atoms with van der Waals surface area (Å²) in [6, 6.07) is 12.6. The third-order valence-electron chi connectivity index (χ3n) is 4.11. The molecule has 7 heteroatoms. The first-order valence-corrected chi connectivity index (χ1v) is 9.73. The number of carbonyl (C=O) groups excluding carboxylic acids is 2. The van der Waals surface area contributed by atoms with E-state index in [1.807, 2.05) is 43.3 Å². The van der Waals surface area contributed by atoms with Gasteiger partial charge in [-0.15, -0.1) is 11.8 Å². The smallest absolute Gasteiger partial charge is 0.296 e. The van der Waals surface area contributed by atoms with Crippen molar-refractivity contribution in [3.05, 3.63) is 58.1 Å². The summed E-state index contributed by atoms with van der Waals surface area (Å²) in [4.78, 5) is 30.4. The SMILES string of the molecule is CN(C)CCN1C(=O)C(=O)C(c2ccc(Cl)cc2Cl)Sc2ccccc21. The van der Waals surface area contributed by atoms with Gasteiger partial charge in [0.15, 0.2) is 0 Å². The van der Waals surface area contributed by atoms with E-state index in [2.05, 4.69) is 0 Å². The number of rotatable bonds is 4. The highest BCUT2D eigenvalue weighted by Gasteiger charge is 2.37. The normalized spacial score (nSPS) is 17.4. The van der Waals surface area contributed by atoms with E-state index in [0.717, 1.165) is 10.6 Å². The highest BCUT2D eigenvalue weighted by Crippen LogP contribution is 2.45. The zero-order chi connectivity index (χ0) is 18.8. The summed E-state index contributed by atoms with van der Waals surface area (Å²) in [6.07, 6.45) is 0.